The number of morpholine rings is 1. The van der Waals surface area contributed by atoms with Gasteiger partial charge in [-0.05, 0) is 44.2 Å². The van der Waals surface area contributed by atoms with E-state index in [-0.39, 0.29) is 18.1 Å². The van der Waals surface area contributed by atoms with Gasteiger partial charge in [0.1, 0.15) is 6.10 Å². The van der Waals surface area contributed by atoms with Gasteiger partial charge >= 0.3 is 0 Å². The molecule has 3 aromatic rings. The van der Waals surface area contributed by atoms with Gasteiger partial charge in [-0.3, -0.25) is 4.79 Å². The normalized spacial score (nSPS) is 22.6. The molecule has 0 unspecified atom stereocenters. The SMILES string of the molecule is Cc1cc(C(=O)N2C[C@@H](c3ccccc3)O[C@@H](C3CC3)C2)c2c(C)noc2n1. The lowest BCUT2D eigenvalue weighted by Crippen LogP contribution is -2.47. The minimum absolute atomic E-state index is 0.00307. The second kappa shape index (κ2) is 6.71. The molecule has 144 valence electrons. The Morgan fingerprint density at radius 2 is 1.93 bits per heavy atom. The number of amides is 1. The fraction of sp³-hybridized carbons (Fsp3) is 0.409. The van der Waals surface area contributed by atoms with Gasteiger partial charge in [0.05, 0.1) is 29.3 Å². The van der Waals surface area contributed by atoms with Crippen molar-refractivity contribution in [2.24, 2.45) is 5.92 Å². The predicted octanol–water partition coefficient (Wildman–Crippen LogP) is 3.83. The topological polar surface area (TPSA) is 68.5 Å². The zero-order valence-electron chi connectivity index (χ0n) is 16.1. The first kappa shape index (κ1) is 17.4. The van der Waals surface area contributed by atoms with Crippen LogP contribution in [0.2, 0.25) is 0 Å². The highest BCUT2D eigenvalue weighted by Gasteiger charge is 2.40. The Kier molecular flexibility index (Phi) is 4.16. The summed E-state index contributed by atoms with van der Waals surface area (Å²) < 4.78 is 11.7. The van der Waals surface area contributed by atoms with E-state index in [1.807, 2.05) is 43.0 Å². The van der Waals surface area contributed by atoms with E-state index in [1.165, 1.54) is 12.8 Å². The number of pyridine rings is 1. The second-order valence-electron chi connectivity index (χ2n) is 7.88. The molecule has 2 aliphatic rings. The molecule has 1 aliphatic heterocycles. The molecule has 3 heterocycles. The van der Waals surface area contributed by atoms with Crippen molar-refractivity contribution in [3.63, 3.8) is 0 Å². The molecule has 0 spiro atoms. The average Bonchev–Trinajstić information content (AvgIpc) is 3.51. The summed E-state index contributed by atoms with van der Waals surface area (Å²) in [5, 5.41) is 4.72. The van der Waals surface area contributed by atoms with Crippen LogP contribution in [0.25, 0.3) is 11.1 Å². The lowest BCUT2D eigenvalue weighted by molar-refractivity contribution is -0.0863. The van der Waals surface area contributed by atoms with Crippen molar-refractivity contribution in [2.45, 2.75) is 38.9 Å². The Bertz CT molecular complexity index is 1030. The number of benzene rings is 1. The molecule has 1 saturated carbocycles. The molecule has 28 heavy (non-hydrogen) atoms. The lowest BCUT2D eigenvalue weighted by atomic mass is 10.0. The van der Waals surface area contributed by atoms with Gasteiger partial charge in [-0.15, -0.1) is 0 Å². The van der Waals surface area contributed by atoms with Crippen LogP contribution in [-0.2, 0) is 4.74 Å². The van der Waals surface area contributed by atoms with Crippen LogP contribution in [0.5, 0.6) is 0 Å². The van der Waals surface area contributed by atoms with E-state index >= 15 is 0 Å². The van der Waals surface area contributed by atoms with Crippen LogP contribution in [0.3, 0.4) is 0 Å². The molecule has 1 aromatic carbocycles. The lowest BCUT2D eigenvalue weighted by Gasteiger charge is -2.38. The van der Waals surface area contributed by atoms with E-state index < -0.39 is 0 Å². The average molecular weight is 377 g/mol. The maximum absolute atomic E-state index is 13.6. The Balaban J connectivity index is 1.50. The number of hydrogen-bond acceptors (Lipinski definition) is 5. The van der Waals surface area contributed by atoms with Crippen LogP contribution < -0.4 is 0 Å². The van der Waals surface area contributed by atoms with Gasteiger partial charge in [0.25, 0.3) is 11.6 Å². The maximum Gasteiger partial charge on any atom is 0.258 e. The van der Waals surface area contributed by atoms with Gasteiger partial charge in [-0.2, -0.15) is 0 Å². The third-order valence-electron chi connectivity index (χ3n) is 5.71. The van der Waals surface area contributed by atoms with Crippen LogP contribution in [-0.4, -0.2) is 40.1 Å². The van der Waals surface area contributed by atoms with Crippen molar-refractivity contribution >= 4 is 17.0 Å². The van der Waals surface area contributed by atoms with Crippen LogP contribution in [0.1, 0.15) is 46.3 Å². The van der Waals surface area contributed by atoms with Gasteiger partial charge in [0, 0.05) is 12.2 Å². The first-order valence-electron chi connectivity index (χ1n) is 9.83. The highest BCUT2D eigenvalue weighted by atomic mass is 16.5. The largest absolute Gasteiger partial charge is 0.366 e. The summed E-state index contributed by atoms with van der Waals surface area (Å²) in [7, 11) is 0. The van der Waals surface area contributed by atoms with Crippen molar-refractivity contribution in [2.75, 3.05) is 13.1 Å². The Morgan fingerprint density at radius 3 is 2.68 bits per heavy atom. The van der Waals surface area contributed by atoms with Crippen molar-refractivity contribution in [3.05, 3.63) is 58.9 Å². The second-order valence-corrected chi connectivity index (χ2v) is 7.88. The number of ether oxygens (including phenoxy) is 1. The zero-order valence-corrected chi connectivity index (χ0v) is 16.1. The number of nitrogens with zero attached hydrogens (tertiary/aromatic N) is 3. The standard InChI is InChI=1S/C22H23N3O3/c1-13-10-17(20-14(2)24-28-21(20)23-13)22(26)25-11-18(15-6-4-3-5-7-15)27-19(12-25)16-8-9-16/h3-7,10,16,18-19H,8-9,11-12H2,1-2H3/t18-,19+/m0/s1. The molecule has 5 rings (SSSR count). The van der Waals surface area contributed by atoms with Crippen molar-refractivity contribution in [1.82, 2.24) is 15.0 Å². The molecule has 2 fully saturated rings. The van der Waals surface area contributed by atoms with Crippen LogP contribution >= 0.6 is 0 Å². The van der Waals surface area contributed by atoms with E-state index in [0.29, 0.717) is 41.4 Å². The van der Waals surface area contributed by atoms with E-state index in [1.54, 1.807) is 0 Å². The minimum atomic E-state index is -0.105. The number of hydrogen-bond donors (Lipinski definition) is 0. The summed E-state index contributed by atoms with van der Waals surface area (Å²) in [5.74, 6) is 0.551. The summed E-state index contributed by atoms with van der Waals surface area (Å²) in [6.07, 6.45) is 2.34. The number of aryl methyl sites for hydroxylation is 2. The zero-order chi connectivity index (χ0) is 19.3. The molecule has 6 nitrogen and oxygen atoms in total. The summed E-state index contributed by atoms with van der Waals surface area (Å²) >= 11 is 0. The highest BCUT2D eigenvalue weighted by Crippen LogP contribution is 2.40. The van der Waals surface area contributed by atoms with Gasteiger partial charge < -0.3 is 14.2 Å². The number of aromatic nitrogens is 2. The molecule has 1 saturated heterocycles. The number of carbonyl (C=O) groups excluding carboxylic acids is 1. The quantitative estimate of drug-likeness (QED) is 0.694. The van der Waals surface area contributed by atoms with Crippen molar-refractivity contribution in [3.8, 4) is 0 Å². The van der Waals surface area contributed by atoms with Crippen LogP contribution in [0.4, 0.5) is 0 Å². The maximum atomic E-state index is 13.6. The molecule has 0 bridgehead atoms. The third kappa shape index (κ3) is 3.07. The number of fused-ring (bicyclic) bond motifs is 1. The molecule has 0 N–H and O–H groups in total. The van der Waals surface area contributed by atoms with Gasteiger partial charge in [-0.25, -0.2) is 4.98 Å². The number of carbonyl (C=O) groups is 1. The Labute approximate surface area is 163 Å². The van der Waals surface area contributed by atoms with E-state index in [2.05, 4.69) is 22.3 Å². The monoisotopic (exact) mass is 377 g/mol. The molecule has 1 amide bonds. The fourth-order valence-electron chi connectivity index (χ4n) is 4.09. The summed E-state index contributed by atoms with van der Waals surface area (Å²) in [4.78, 5) is 19.9. The predicted molar refractivity (Wildman–Crippen MR) is 104 cm³/mol. The molecule has 1 aliphatic carbocycles. The van der Waals surface area contributed by atoms with Crippen LogP contribution in [0, 0.1) is 19.8 Å². The van der Waals surface area contributed by atoms with E-state index in [9.17, 15) is 4.79 Å². The highest BCUT2D eigenvalue weighted by molar-refractivity contribution is 6.06. The molecule has 0 radical (unpaired) electrons. The van der Waals surface area contributed by atoms with Crippen molar-refractivity contribution < 1.29 is 14.1 Å². The van der Waals surface area contributed by atoms with Crippen LogP contribution in [0.15, 0.2) is 40.9 Å². The van der Waals surface area contributed by atoms with Crippen molar-refractivity contribution in [1.29, 1.82) is 0 Å². The van der Waals surface area contributed by atoms with E-state index in [4.69, 9.17) is 9.26 Å². The minimum Gasteiger partial charge on any atom is -0.366 e. The smallest absolute Gasteiger partial charge is 0.258 e. The first-order valence-corrected chi connectivity index (χ1v) is 9.83. The number of rotatable bonds is 3. The molecule has 2 aromatic heterocycles. The summed E-state index contributed by atoms with van der Waals surface area (Å²) in [6, 6.07) is 12.0. The summed E-state index contributed by atoms with van der Waals surface area (Å²) in [6.45, 7) is 4.88. The molecular formula is C22H23N3O3. The fourth-order valence-corrected chi connectivity index (χ4v) is 4.09. The summed E-state index contributed by atoms with van der Waals surface area (Å²) in [5.41, 5.74) is 3.59. The van der Waals surface area contributed by atoms with Gasteiger partial charge in [-0.1, -0.05) is 35.5 Å². The molecule has 2 atom stereocenters. The van der Waals surface area contributed by atoms with Gasteiger partial charge in [0.2, 0.25) is 0 Å². The first-order chi connectivity index (χ1) is 13.6. The Morgan fingerprint density at radius 1 is 1.14 bits per heavy atom. The third-order valence-corrected chi connectivity index (χ3v) is 5.71. The van der Waals surface area contributed by atoms with Gasteiger partial charge in [0.15, 0.2) is 0 Å². The Hall–Kier alpha value is -2.73. The molecular weight excluding hydrogens is 354 g/mol. The van der Waals surface area contributed by atoms with E-state index in [0.717, 1.165) is 11.3 Å². The molecule has 6 heteroatoms.